The molecule has 1 saturated heterocycles. The van der Waals surface area contributed by atoms with Gasteiger partial charge in [0.05, 0.1) is 37.7 Å². The molecule has 0 saturated carbocycles. The van der Waals surface area contributed by atoms with Crippen LogP contribution in [0.3, 0.4) is 0 Å². The molecule has 2 N–H and O–H groups in total. The second kappa shape index (κ2) is 9.62. The predicted molar refractivity (Wildman–Crippen MR) is 126 cm³/mol. The molecule has 5 rings (SSSR count). The van der Waals surface area contributed by atoms with E-state index in [0.717, 1.165) is 0 Å². The smallest absolute Gasteiger partial charge is 0.296 e. The molecule has 1 aliphatic heterocycles. The number of ether oxygens (including phenoxy) is 2. The summed E-state index contributed by atoms with van der Waals surface area (Å²) < 4.78 is 40.2. The Labute approximate surface area is 199 Å². The maximum Gasteiger partial charge on any atom is 0.296 e. The van der Waals surface area contributed by atoms with E-state index in [4.69, 9.17) is 9.47 Å². The third kappa shape index (κ3) is 4.49. The summed E-state index contributed by atoms with van der Waals surface area (Å²) in [6.07, 6.45) is -1.25. The average Bonchev–Trinajstić information content (AvgIpc) is 3.30. The molecule has 13 heteroatoms. The van der Waals surface area contributed by atoms with Crippen LogP contribution in [-0.2, 0) is 4.74 Å². The Kier molecular flexibility index (Phi) is 6.23. The molecule has 182 valence electrons. The van der Waals surface area contributed by atoms with Gasteiger partial charge >= 0.3 is 0 Å². The van der Waals surface area contributed by atoms with Crippen LogP contribution in [0, 0.1) is 0 Å². The number of halogens is 2. The number of morpholine rings is 1. The van der Waals surface area contributed by atoms with Crippen LogP contribution in [0.4, 0.5) is 32.2 Å². The molecule has 0 radical (unpaired) electrons. The van der Waals surface area contributed by atoms with Crippen molar-refractivity contribution in [1.29, 1.82) is 0 Å². The largest absolute Gasteiger partial charge is 0.494 e. The number of pyridine rings is 1. The molecule has 11 nitrogen and oxygen atoms in total. The molecule has 0 aliphatic carbocycles. The molecule has 4 aromatic rings. The second-order valence-corrected chi connectivity index (χ2v) is 7.60. The summed E-state index contributed by atoms with van der Waals surface area (Å²) in [4.78, 5) is 23.9. The summed E-state index contributed by atoms with van der Waals surface area (Å²) in [5.41, 5.74) is 1.31. The summed E-state index contributed by atoms with van der Waals surface area (Å²) >= 11 is 0. The van der Waals surface area contributed by atoms with E-state index in [0.29, 0.717) is 60.5 Å². The van der Waals surface area contributed by atoms with Gasteiger partial charge < -0.3 is 25.0 Å². The number of nitrogens with zero attached hydrogens (tertiary/aromatic N) is 7. The molecule has 0 spiro atoms. The number of anilines is 4. The quantitative estimate of drug-likeness (QED) is 0.406. The van der Waals surface area contributed by atoms with E-state index >= 15 is 0 Å². The number of benzene rings is 1. The number of alkyl halides is 2. The Morgan fingerprint density at radius 3 is 2.51 bits per heavy atom. The van der Waals surface area contributed by atoms with Gasteiger partial charge in [-0.15, -0.1) is 0 Å². The van der Waals surface area contributed by atoms with Crippen LogP contribution < -0.4 is 20.3 Å². The van der Waals surface area contributed by atoms with Gasteiger partial charge in [0.15, 0.2) is 5.82 Å². The van der Waals surface area contributed by atoms with Crippen molar-refractivity contribution in [3.63, 3.8) is 0 Å². The lowest BCUT2D eigenvalue weighted by molar-refractivity contribution is 0.122. The summed E-state index contributed by atoms with van der Waals surface area (Å²) in [5, 5.41) is 6.05. The van der Waals surface area contributed by atoms with Crippen molar-refractivity contribution < 1.29 is 18.3 Å². The number of aromatic nitrogens is 6. The fraction of sp³-hybridized carbons (Fsp3) is 0.318. The Bertz CT molecular complexity index is 1320. The lowest BCUT2D eigenvalue weighted by atomic mass is 10.3. The zero-order valence-electron chi connectivity index (χ0n) is 19.1. The first-order chi connectivity index (χ1) is 17.1. The first-order valence-electron chi connectivity index (χ1n) is 10.9. The highest BCUT2D eigenvalue weighted by atomic mass is 19.3. The van der Waals surface area contributed by atoms with Crippen LogP contribution in [-0.4, -0.2) is 69.9 Å². The summed E-state index contributed by atoms with van der Waals surface area (Å²) in [5.74, 6) is 1.11. The fourth-order valence-electron chi connectivity index (χ4n) is 3.77. The number of hydrogen-bond donors (Lipinski definition) is 2. The van der Waals surface area contributed by atoms with Crippen LogP contribution in [0.5, 0.6) is 5.75 Å². The van der Waals surface area contributed by atoms with Gasteiger partial charge in [-0.2, -0.15) is 15.0 Å². The van der Waals surface area contributed by atoms with E-state index < -0.39 is 12.2 Å². The van der Waals surface area contributed by atoms with Crippen molar-refractivity contribution in [2.75, 3.05) is 56.0 Å². The zero-order valence-corrected chi connectivity index (χ0v) is 19.1. The van der Waals surface area contributed by atoms with Crippen molar-refractivity contribution in [2.45, 2.75) is 6.43 Å². The first-order valence-corrected chi connectivity index (χ1v) is 10.9. The highest BCUT2D eigenvalue weighted by Gasteiger charge is 2.25. The Morgan fingerprint density at radius 1 is 1.03 bits per heavy atom. The van der Waals surface area contributed by atoms with Crippen molar-refractivity contribution in [2.24, 2.45) is 0 Å². The molecular formula is C22H23F2N9O2. The van der Waals surface area contributed by atoms with Gasteiger partial charge in [-0.1, -0.05) is 6.07 Å². The molecule has 0 unspecified atom stereocenters. The summed E-state index contributed by atoms with van der Waals surface area (Å²) in [7, 11) is 3.23. The van der Waals surface area contributed by atoms with Gasteiger partial charge in [0.25, 0.3) is 6.43 Å². The van der Waals surface area contributed by atoms with Crippen molar-refractivity contribution in [3.8, 4) is 11.7 Å². The topological polar surface area (TPSA) is 115 Å². The van der Waals surface area contributed by atoms with Gasteiger partial charge in [0, 0.05) is 20.1 Å². The van der Waals surface area contributed by atoms with Crippen LogP contribution >= 0.6 is 0 Å². The highest BCUT2D eigenvalue weighted by molar-refractivity contribution is 5.84. The summed E-state index contributed by atoms with van der Waals surface area (Å²) in [6, 6.07) is 8.63. The minimum atomic E-state index is -2.87. The van der Waals surface area contributed by atoms with Gasteiger partial charge in [0.1, 0.15) is 17.1 Å². The number of rotatable bonds is 7. The number of para-hydroxylation sites is 1. The standard InChI is InChI=1S/C22H23F2N9O2/c1-25-16-7-6-13(12-26-16)27-20-29-21(32-8-10-35-11-9-32)31-22(30-20)33-14-4-3-5-15(34-2)17(14)28-19(33)18(23)24/h3-7,12,18H,8-11H2,1-2H3,(H,25,26)(H,27,29,30,31). The monoisotopic (exact) mass is 483 g/mol. The minimum Gasteiger partial charge on any atom is -0.494 e. The lowest BCUT2D eigenvalue weighted by Gasteiger charge is -2.27. The molecule has 4 heterocycles. The molecule has 1 aromatic carbocycles. The zero-order chi connectivity index (χ0) is 24.4. The van der Waals surface area contributed by atoms with E-state index in [9.17, 15) is 8.78 Å². The summed E-state index contributed by atoms with van der Waals surface area (Å²) in [6.45, 7) is 2.13. The van der Waals surface area contributed by atoms with Gasteiger partial charge in [-0.25, -0.2) is 18.7 Å². The molecule has 35 heavy (non-hydrogen) atoms. The number of methoxy groups -OCH3 is 1. The van der Waals surface area contributed by atoms with E-state index in [1.807, 2.05) is 4.90 Å². The Hall–Kier alpha value is -4.13. The van der Waals surface area contributed by atoms with E-state index in [2.05, 4.69) is 35.6 Å². The van der Waals surface area contributed by atoms with E-state index in [1.165, 1.54) is 11.7 Å². The maximum absolute atomic E-state index is 14.1. The average molecular weight is 483 g/mol. The van der Waals surface area contributed by atoms with Crippen molar-refractivity contribution in [3.05, 3.63) is 42.4 Å². The Balaban J connectivity index is 1.65. The van der Waals surface area contributed by atoms with E-state index in [-0.39, 0.29) is 11.9 Å². The van der Waals surface area contributed by atoms with Crippen molar-refractivity contribution in [1.82, 2.24) is 29.5 Å². The highest BCUT2D eigenvalue weighted by Crippen LogP contribution is 2.32. The third-order valence-corrected chi connectivity index (χ3v) is 5.47. The van der Waals surface area contributed by atoms with Gasteiger partial charge in [0.2, 0.25) is 17.8 Å². The SMILES string of the molecule is CNc1ccc(Nc2nc(N3CCOCC3)nc(-n3c(C(F)F)nc4c(OC)cccc43)n2)cn1. The first kappa shape index (κ1) is 22.7. The molecule has 1 fully saturated rings. The molecule has 1 aliphatic rings. The minimum absolute atomic E-state index is 0.00912. The molecule has 0 amide bonds. The lowest BCUT2D eigenvalue weighted by Crippen LogP contribution is -2.37. The normalized spacial score (nSPS) is 13.9. The van der Waals surface area contributed by atoms with Crippen LogP contribution in [0.25, 0.3) is 17.0 Å². The van der Waals surface area contributed by atoms with Crippen LogP contribution in [0.1, 0.15) is 12.2 Å². The maximum atomic E-state index is 14.1. The number of imidazole rings is 1. The van der Waals surface area contributed by atoms with Gasteiger partial charge in [-0.3, -0.25) is 4.57 Å². The van der Waals surface area contributed by atoms with Crippen LogP contribution in [0.2, 0.25) is 0 Å². The number of fused-ring (bicyclic) bond motifs is 1. The molecular weight excluding hydrogens is 460 g/mol. The number of hydrogen-bond acceptors (Lipinski definition) is 10. The second-order valence-electron chi connectivity index (χ2n) is 7.60. The molecule has 3 aromatic heterocycles. The van der Waals surface area contributed by atoms with Crippen molar-refractivity contribution >= 4 is 34.4 Å². The molecule has 0 bridgehead atoms. The van der Waals surface area contributed by atoms with Crippen LogP contribution in [0.15, 0.2) is 36.5 Å². The fourth-order valence-corrected chi connectivity index (χ4v) is 3.77. The Morgan fingerprint density at radius 2 is 1.83 bits per heavy atom. The predicted octanol–water partition coefficient (Wildman–Crippen LogP) is 3.17. The molecule has 0 atom stereocenters. The van der Waals surface area contributed by atoms with Gasteiger partial charge in [-0.05, 0) is 24.3 Å². The van der Waals surface area contributed by atoms with E-state index in [1.54, 1.807) is 43.6 Å². The third-order valence-electron chi connectivity index (χ3n) is 5.47. The number of nitrogens with one attached hydrogen (secondary N) is 2.